The Balaban J connectivity index is 2.05. The van der Waals surface area contributed by atoms with Crippen molar-refractivity contribution in [1.29, 1.82) is 0 Å². The lowest BCUT2D eigenvalue weighted by Crippen LogP contribution is -2.28. The molecule has 1 aromatic carbocycles. The molecule has 0 aliphatic carbocycles. The number of alkyl halides is 3. The van der Waals surface area contributed by atoms with E-state index in [9.17, 15) is 22.4 Å². The highest BCUT2D eigenvalue weighted by molar-refractivity contribution is 5.57. The van der Waals surface area contributed by atoms with E-state index < -0.39 is 23.1 Å². The molecule has 1 aromatic heterocycles. The number of ether oxygens (including phenoxy) is 1. The molecule has 0 spiro atoms. The second-order valence-electron chi connectivity index (χ2n) is 5.06. The quantitative estimate of drug-likeness (QED) is 0.860. The van der Waals surface area contributed by atoms with Crippen molar-refractivity contribution in [2.75, 3.05) is 12.0 Å². The van der Waals surface area contributed by atoms with Crippen LogP contribution in [0.5, 0.6) is 5.75 Å². The summed E-state index contributed by atoms with van der Waals surface area (Å²) in [6.45, 7) is -0.0585. The number of nitrogens with zero attached hydrogens (tertiary/aromatic N) is 2. The molecular formula is C14H11F4N3O2. The molecule has 0 saturated heterocycles. The van der Waals surface area contributed by atoms with Gasteiger partial charge in [-0.25, -0.2) is 9.49 Å². The summed E-state index contributed by atoms with van der Waals surface area (Å²) in [7, 11) is 1.37. The summed E-state index contributed by atoms with van der Waals surface area (Å²) < 4.78 is 58.3. The van der Waals surface area contributed by atoms with Crippen molar-refractivity contribution in [1.82, 2.24) is 10.2 Å². The van der Waals surface area contributed by atoms with Crippen LogP contribution in [0.25, 0.3) is 0 Å². The molecule has 2 heterocycles. The Labute approximate surface area is 127 Å². The minimum Gasteiger partial charge on any atom is -0.497 e. The lowest BCUT2D eigenvalue weighted by atomic mass is 10.1. The van der Waals surface area contributed by atoms with Gasteiger partial charge in [-0.1, -0.05) is 0 Å². The third-order valence-corrected chi connectivity index (χ3v) is 3.67. The predicted molar refractivity (Wildman–Crippen MR) is 72.7 cm³/mol. The van der Waals surface area contributed by atoms with Crippen molar-refractivity contribution in [3.8, 4) is 5.75 Å². The molecule has 0 saturated carbocycles. The van der Waals surface area contributed by atoms with E-state index in [1.54, 1.807) is 11.2 Å². The first-order valence-corrected chi connectivity index (χ1v) is 6.56. The first-order chi connectivity index (χ1) is 10.8. The third-order valence-electron chi connectivity index (χ3n) is 3.67. The second-order valence-corrected chi connectivity index (χ2v) is 5.06. The molecule has 1 aliphatic heterocycles. The zero-order valence-corrected chi connectivity index (χ0v) is 11.9. The van der Waals surface area contributed by atoms with Crippen LogP contribution in [0, 0.1) is 5.82 Å². The maximum absolute atomic E-state index is 14.0. The maximum Gasteiger partial charge on any atom is 0.423 e. The van der Waals surface area contributed by atoms with E-state index in [1.165, 1.54) is 18.1 Å². The van der Waals surface area contributed by atoms with E-state index in [0.29, 0.717) is 5.56 Å². The molecule has 1 aliphatic rings. The Bertz CT molecular complexity index is 817. The maximum atomic E-state index is 14.0. The number of fused-ring (bicyclic) bond motifs is 1. The zero-order chi connectivity index (χ0) is 16.8. The molecule has 122 valence electrons. The number of benzene rings is 1. The molecule has 1 N–H and O–H groups in total. The van der Waals surface area contributed by atoms with Gasteiger partial charge in [0.1, 0.15) is 17.1 Å². The Morgan fingerprint density at radius 1 is 1.30 bits per heavy atom. The molecule has 0 radical (unpaired) electrons. The Kier molecular flexibility index (Phi) is 3.50. The van der Waals surface area contributed by atoms with E-state index in [-0.39, 0.29) is 30.1 Å². The second kappa shape index (κ2) is 5.25. The number of halogens is 4. The number of nitrogens with one attached hydrogen (secondary N) is 1. The van der Waals surface area contributed by atoms with Crippen LogP contribution in [-0.4, -0.2) is 17.3 Å². The van der Waals surface area contributed by atoms with Gasteiger partial charge in [0.2, 0.25) is 0 Å². The third kappa shape index (κ3) is 2.62. The molecule has 0 fully saturated rings. The largest absolute Gasteiger partial charge is 0.497 e. The predicted octanol–water partition coefficient (Wildman–Crippen LogP) is 2.46. The fourth-order valence-corrected chi connectivity index (χ4v) is 2.63. The van der Waals surface area contributed by atoms with Crippen LogP contribution in [0.2, 0.25) is 0 Å². The van der Waals surface area contributed by atoms with Crippen molar-refractivity contribution in [3.05, 3.63) is 51.2 Å². The molecule has 0 bridgehead atoms. The van der Waals surface area contributed by atoms with Crippen LogP contribution in [0.4, 0.5) is 23.2 Å². The molecule has 0 amide bonds. The van der Waals surface area contributed by atoms with Crippen molar-refractivity contribution >= 4 is 5.69 Å². The van der Waals surface area contributed by atoms with Gasteiger partial charge in [0.15, 0.2) is 0 Å². The number of anilines is 1. The van der Waals surface area contributed by atoms with Crippen LogP contribution in [-0.2, 0) is 19.3 Å². The fourth-order valence-electron chi connectivity index (χ4n) is 2.63. The number of methoxy groups -OCH3 is 1. The van der Waals surface area contributed by atoms with Crippen LogP contribution in [0.3, 0.4) is 0 Å². The average Bonchev–Trinajstić information content (AvgIpc) is 2.90. The Morgan fingerprint density at radius 3 is 2.70 bits per heavy atom. The van der Waals surface area contributed by atoms with Gasteiger partial charge in [0.25, 0.3) is 5.56 Å². The minimum atomic E-state index is -4.84. The molecule has 0 unspecified atom stereocenters. The van der Waals surface area contributed by atoms with E-state index in [1.807, 2.05) is 0 Å². The first kappa shape index (κ1) is 15.3. The van der Waals surface area contributed by atoms with Crippen molar-refractivity contribution < 1.29 is 22.3 Å². The monoisotopic (exact) mass is 329 g/mol. The highest BCUT2D eigenvalue weighted by Crippen LogP contribution is 2.38. The molecular weight excluding hydrogens is 318 g/mol. The highest BCUT2D eigenvalue weighted by atomic mass is 19.4. The number of hydrogen-bond acceptors (Lipinski definition) is 4. The summed E-state index contributed by atoms with van der Waals surface area (Å²) >= 11 is 0. The summed E-state index contributed by atoms with van der Waals surface area (Å²) in [5.41, 5.74) is -2.26. The molecule has 0 atom stereocenters. The van der Waals surface area contributed by atoms with Gasteiger partial charge in [0, 0.05) is 24.7 Å². The SMILES string of the molecule is COc1cc(F)c2c(c1)CN(c1cn[nH]c(=O)c1C(F)(F)F)C2. The van der Waals surface area contributed by atoms with Gasteiger partial charge in [0.05, 0.1) is 19.0 Å². The van der Waals surface area contributed by atoms with Crippen LogP contribution in [0.15, 0.2) is 23.1 Å². The van der Waals surface area contributed by atoms with E-state index >= 15 is 0 Å². The number of aromatic amines is 1. The van der Waals surface area contributed by atoms with E-state index in [4.69, 9.17) is 4.74 Å². The smallest absolute Gasteiger partial charge is 0.423 e. The topological polar surface area (TPSA) is 58.2 Å². The summed E-state index contributed by atoms with van der Waals surface area (Å²) in [6, 6.07) is 2.73. The van der Waals surface area contributed by atoms with Crippen LogP contribution >= 0.6 is 0 Å². The summed E-state index contributed by atoms with van der Waals surface area (Å²) in [5, 5.41) is 5.20. The van der Waals surface area contributed by atoms with Gasteiger partial charge in [-0.05, 0) is 11.6 Å². The van der Waals surface area contributed by atoms with E-state index in [0.717, 1.165) is 6.20 Å². The van der Waals surface area contributed by atoms with Crippen molar-refractivity contribution in [2.45, 2.75) is 19.3 Å². The van der Waals surface area contributed by atoms with Crippen molar-refractivity contribution in [2.24, 2.45) is 0 Å². The van der Waals surface area contributed by atoms with Gasteiger partial charge < -0.3 is 9.64 Å². The minimum absolute atomic E-state index is 0.0255. The Hall–Kier alpha value is -2.58. The molecule has 9 heteroatoms. The first-order valence-electron chi connectivity index (χ1n) is 6.56. The molecule has 23 heavy (non-hydrogen) atoms. The summed E-state index contributed by atoms with van der Waals surface area (Å²) in [5.74, 6) is -0.281. The van der Waals surface area contributed by atoms with Crippen LogP contribution in [0.1, 0.15) is 16.7 Å². The highest BCUT2D eigenvalue weighted by Gasteiger charge is 2.39. The summed E-state index contributed by atoms with van der Waals surface area (Å²) in [4.78, 5) is 12.8. The lowest BCUT2D eigenvalue weighted by molar-refractivity contribution is -0.138. The molecule has 2 aromatic rings. The average molecular weight is 329 g/mol. The van der Waals surface area contributed by atoms with Gasteiger partial charge >= 0.3 is 6.18 Å². The number of aromatic nitrogens is 2. The number of hydrogen-bond donors (Lipinski definition) is 1. The standard InChI is InChI=1S/C14H11F4N3O2/c1-23-8-2-7-5-21(6-9(7)10(15)3-8)11-4-19-20-13(22)12(11)14(16,17)18/h2-4H,5-6H2,1H3,(H,20,22). The van der Waals surface area contributed by atoms with Crippen LogP contribution < -0.4 is 15.2 Å². The zero-order valence-electron chi connectivity index (χ0n) is 11.9. The van der Waals surface area contributed by atoms with Gasteiger partial charge in [-0.3, -0.25) is 4.79 Å². The molecule has 5 nitrogen and oxygen atoms in total. The van der Waals surface area contributed by atoms with E-state index in [2.05, 4.69) is 5.10 Å². The van der Waals surface area contributed by atoms with Crippen molar-refractivity contribution in [3.63, 3.8) is 0 Å². The number of H-pyrrole nitrogens is 1. The molecule has 3 rings (SSSR count). The Morgan fingerprint density at radius 2 is 2.04 bits per heavy atom. The van der Waals surface area contributed by atoms with Gasteiger partial charge in [-0.15, -0.1) is 0 Å². The normalized spacial score (nSPS) is 14.0. The lowest BCUT2D eigenvalue weighted by Gasteiger charge is -2.21. The fraction of sp³-hybridized carbons (Fsp3) is 0.286. The summed E-state index contributed by atoms with van der Waals surface area (Å²) in [6.07, 6.45) is -3.91. The van der Waals surface area contributed by atoms with Gasteiger partial charge in [-0.2, -0.15) is 18.3 Å². The number of rotatable bonds is 2.